The Morgan fingerprint density at radius 2 is 0.938 bits per heavy atom. The van der Waals surface area contributed by atoms with Gasteiger partial charge in [0, 0.05) is 11.9 Å². The predicted molar refractivity (Wildman–Crippen MR) is 47.3 cm³/mol. The van der Waals surface area contributed by atoms with Crippen molar-refractivity contribution in [3.8, 4) is 10.8 Å². The molecule has 94 valence electrons. The summed E-state index contributed by atoms with van der Waals surface area (Å²) >= 11 is 7.40. The normalized spacial score (nSPS) is 4.00. The predicted octanol–water partition coefficient (Wildman–Crippen LogP) is -2.46. The molecule has 0 aliphatic carbocycles. The minimum Gasteiger partial charge on any atom is -0.696 e. The molecule has 0 fully saturated rings. The molecule has 0 aliphatic rings. The minimum absolute atomic E-state index is 0. The van der Waals surface area contributed by atoms with E-state index >= 15 is 0 Å². The molecule has 0 amide bonds. The van der Waals surface area contributed by atoms with Crippen LogP contribution in [-0.2, 0) is 68.4 Å². The van der Waals surface area contributed by atoms with Gasteiger partial charge >= 0.3 is 33.6 Å². The Labute approximate surface area is 125 Å². The van der Waals surface area contributed by atoms with E-state index in [1.807, 2.05) is 0 Å². The average Bonchev–Trinajstić information content (AvgIpc) is 1.85. The molecule has 0 aromatic rings. The summed E-state index contributed by atoms with van der Waals surface area (Å²) in [6.45, 7) is 1.94. The van der Waals surface area contributed by atoms with E-state index in [1.54, 1.807) is 0 Å². The Bertz CT molecular complexity index is 196. The zero-order chi connectivity index (χ0) is 12.6. The van der Waals surface area contributed by atoms with Gasteiger partial charge in [0.05, 0.1) is 0 Å². The number of thiocyanates is 2. The van der Waals surface area contributed by atoms with Crippen LogP contribution in [0, 0.1) is 21.3 Å². The third kappa shape index (κ3) is 5210. The Balaban J connectivity index is -0.0000000202. The van der Waals surface area contributed by atoms with Gasteiger partial charge in [-0.15, -0.1) is 0 Å². The summed E-state index contributed by atoms with van der Waals surface area (Å²) in [4.78, 5) is 17.8. The molecule has 0 atom stereocenters. The maximum Gasteiger partial charge on any atom is 2.00 e. The van der Waals surface area contributed by atoms with E-state index < -0.39 is 11.9 Å². The first-order valence-electron chi connectivity index (χ1n) is 2.67. The standard InChI is InChI=1S/2C2H4O2.2CHNS.2Co/c2*1-2(3)4;2*2-1-3;;/h2*1H3,(H,3,4);2*3H;;/q;;;;2*+2/p-4. The summed E-state index contributed by atoms with van der Waals surface area (Å²) in [6, 6.07) is 0. The SMILES string of the molecule is CC(=O)[O-].CC(=O)[O-].N#C[S-].N#C[S-].[Co+2].[Co+2]. The second-order valence-electron chi connectivity index (χ2n) is 1.17. The first-order valence-corrected chi connectivity index (χ1v) is 3.49. The third-order valence-corrected chi connectivity index (χ3v) is 0. The van der Waals surface area contributed by atoms with Crippen molar-refractivity contribution in [2.45, 2.75) is 13.8 Å². The Kier molecular flexibility index (Phi) is 107. The summed E-state index contributed by atoms with van der Waals surface area (Å²) in [5, 5.41) is 34.7. The van der Waals surface area contributed by atoms with Crippen molar-refractivity contribution < 1.29 is 53.4 Å². The number of nitrogens with zero attached hydrogens (tertiary/aromatic N) is 2. The van der Waals surface area contributed by atoms with E-state index in [0.29, 0.717) is 0 Å². The largest absolute Gasteiger partial charge is 2.00 e. The summed E-state index contributed by atoms with van der Waals surface area (Å²) in [7, 11) is 0. The van der Waals surface area contributed by atoms with Gasteiger partial charge in [0.2, 0.25) is 0 Å². The summed E-state index contributed by atoms with van der Waals surface area (Å²) in [5.41, 5.74) is 0. The van der Waals surface area contributed by atoms with Gasteiger partial charge in [0.1, 0.15) is 0 Å². The van der Waals surface area contributed by atoms with E-state index in [-0.39, 0.29) is 33.6 Å². The molecule has 0 aromatic carbocycles. The van der Waals surface area contributed by atoms with E-state index in [1.165, 1.54) is 10.8 Å². The fraction of sp³-hybridized carbons (Fsp3) is 0.333. The molecule has 6 nitrogen and oxygen atoms in total. The van der Waals surface area contributed by atoms with Crippen LogP contribution in [0.3, 0.4) is 0 Å². The minimum atomic E-state index is -1.08. The molecule has 0 bridgehead atoms. The van der Waals surface area contributed by atoms with Crippen LogP contribution in [0.1, 0.15) is 13.8 Å². The number of nitriles is 2. The number of hydrogen-bond acceptors (Lipinski definition) is 8. The topological polar surface area (TPSA) is 128 Å². The van der Waals surface area contributed by atoms with Crippen molar-refractivity contribution in [1.29, 1.82) is 10.5 Å². The second-order valence-corrected chi connectivity index (χ2v) is 1.53. The Morgan fingerprint density at radius 3 is 0.938 bits per heavy atom. The van der Waals surface area contributed by atoms with Gasteiger partial charge in [0.15, 0.2) is 0 Å². The van der Waals surface area contributed by atoms with Gasteiger partial charge in [-0.3, -0.25) is 0 Å². The molecule has 0 aliphatic heterocycles. The number of aliphatic carboxylic acids is 2. The van der Waals surface area contributed by atoms with Crippen LogP contribution < -0.4 is 10.2 Å². The molecule has 0 N–H and O–H groups in total. The zero-order valence-electron chi connectivity index (χ0n) is 8.01. The van der Waals surface area contributed by atoms with Crippen molar-refractivity contribution in [3.05, 3.63) is 0 Å². The quantitative estimate of drug-likeness (QED) is 0.347. The van der Waals surface area contributed by atoms with Crippen LogP contribution in [0.2, 0.25) is 0 Å². The summed E-state index contributed by atoms with van der Waals surface area (Å²) in [5.74, 6) is -2.17. The van der Waals surface area contributed by atoms with Crippen LogP contribution >= 0.6 is 0 Å². The summed E-state index contributed by atoms with van der Waals surface area (Å²) < 4.78 is 0. The summed E-state index contributed by atoms with van der Waals surface area (Å²) in [6.07, 6.45) is 0. The van der Waals surface area contributed by atoms with Crippen LogP contribution in [0.4, 0.5) is 0 Å². The molecule has 10 heteroatoms. The van der Waals surface area contributed by atoms with E-state index in [9.17, 15) is 0 Å². The van der Waals surface area contributed by atoms with Gasteiger partial charge in [-0.25, -0.2) is 10.5 Å². The average molecular weight is 352 g/mol. The van der Waals surface area contributed by atoms with Crippen LogP contribution in [-0.4, -0.2) is 11.9 Å². The first kappa shape index (κ1) is 36.1. The second kappa shape index (κ2) is 47.3. The molecular formula is C6H6Co2N2O4S2. The smallest absolute Gasteiger partial charge is 0.696 e. The number of carboxylic acids is 2. The molecule has 0 aromatic heterocycles. The van der Waals surface area contributed by atoms with Gasteiger partial charge in [-0.2, -0.15) is 0 Å². The fourth-order valence-corrected chi connectivity index (χ4v) is 0. The number of rotatable bonds is 0. The van der Waals surface area contributed by atoms with Gasteiger partial charge in [-0.05, 0) is 13.8 Å². The molecule has 16 heavy (non-hydrogen) atoms. The van der Waals surface area contributed by atoms with Gasteiger partial charge in [-0.1, -0.05) is 10.8 Å². The van der Waals surface area contributed by atoms with Crippen LogP contribution in [0.5, 0.6) is 0 Å². The monoisotopic (exact) mass is 352 g/mol. The van der Waals surface area contributed by atoms with Crippen molar-refractivity contribution >= 4 is 37.2 Å². The van der Waals surface area contributed by atoms with Crippen molar-refractivity contribution in [2.75, 3.05) is 0 Å². The molecule has 0 saturated heterocycles. The maximum atomic E-state index is 8.89. The molecule has 0 rings (SSSR count). The molecule has 0 spiro atoms. The maximum absolute atomic E-state index is 8.89. The number of carboxylic acid groups (broad SMARTS) is 2. The Hall–Kier alpha value is -0.627. The van der Waals surface area contributed by atoms with Crippen molar-refractivity contribution in [2.24, 2.45) is 0 Å². The van der Waals surface area contributed by atoms with Crippen LogP contribution in [0.25, 0.3) is 0 Å². The molecule has 0 heterocycles. The molecular weight excluding hydrogens is 346 g/mol. The third-order valence-electron chi connectivity index (χ3n) is 0. The molecule has 2 radical (unpaired) electrons. The zero-order valence-corrected chi connectivity index (χ0v) is 11.7. The van der Waals surface area contributed by atoms with Crippen molar-refractivity contribution in [1.82, 2.24) is 0 Å². The van der Waals surface area contributed by atoms with E-state index in [2.05, 4.69) is 25.3 Å². The number of carbonyl (C=O) groups excluding carboxylic acids is 2. The molecule has 0 saturated carbocycles. The number of hydrogen-bond donors (Lipinski definition) is 0. The molecule has 0 unspecified atom stereocenters. The number of carbonyl (C=O) groups is 2. The fourth-order valence-electron chi connectivity index (χ4n) is 0. The van der Waals surface area contributed by atoms with Gasteiger partial charge in [0.25, 0.3) is 0 Å². The van der Waals surface area contributed by atoms with E-state index in [0.717, 1.165) is 13.8 Å². The van der Waals surface area contributed by atoms with E-state index in [4.69, 9.17) is 30.3 Å². The van der Waals surface area contributed by atoms with Gasteiger partial charge < -0.3 is 45.1 Å². The van der Waals surface area contributed by atoms with Crippen molar-refractivity contribution in [3.63, 3.8) is 0 Å². The van der Waals surface area contributed by atoms with Crippen LogP contribution in [0.15, 0.2) is 0 Å². The Morgan fingerprint density at radius 1 is 0.938 bits per heavy atom. The first-order chi connectivity index (χ1) is 6.29.